The number of thioether (sulfide) groups is 1. The Labute approximate surface area is 126 Å². The van der Waals surface area contributed by atoms with E-state index in [1.807, 2.05) is 49.9 Å². The zero-order chi connectivity index (χ0) is 15.0. The number of aliphatic hydroxyl groups excluding tert-OH is 1. The molecule has 0 fully saturated rings. The van der Waals surface area contributed by atoms with E-state index in [9.17, 15) is 9.90 Å². The van der Waals surface area contributed by atoms with Gasteiger partial charge in [-0.25, -0.2) is 0 Å². The molecule has 0 aromatic heterocycles. The van der Waals surface area contributed by atoms with Crippen LogP contribution in [0.5, 0.6) is 0 Å². The van der Waals surface area contributed by atoms with Crippen LogP contribution >= 0.6 is 11.8 Å². The maximum atomic E-state index is 11.9. The molecular weight excluding hydrogens is 270 g/mol. The average molecular weight is 295 g/mol. The molecule has 0 aliphatic carbocycles. The molecule has 0 radical (unpaired) electrons. The molecular formula is C16H25NO2S. The summed E-state index contributed by atoms with van der Waals surface area (Å²) < 4.78 is 0. The number of carbonyl (C=O) groups excluding carboxylic acids is 1. The van der Waals surface area contributed by atoms with Crippen LogP contribution in [0.3, 0.4) is 0 Å². The first-order valence-corrected chi connectivity index (χ1v) is 8.33. The normalized spacial score (nSPS) is 12.4. The van der Waals surface area contributed by atoms with Crippen LogP contribution in [-0.4, -0.2) is 29.4 Å². The largest absolute Gasteiger partial charge is 0.393 e. The highest BCUT2D eigenvalue weighted by atomic mass is 32.2. The zero-order valence-electron chi connectivity index (χ0n) is 12.6. The van der Waals surface area contributed by atoms with Crippen molar-refractivity contribution in [2.45, 2.75) is 39.0 Å². The molecule has 1 unspecified atom stereocenters. The van der Waals surface area contributed by atoms with Gasteiger partial charge in [-0.3, -0.25) is 4.79 Å². The third kappa shape index (κ3) is 5.97. The van der Waals surface area contributed by atoms with Crippen molar-refractivity contribution in [1.82, 2.24) is 5.32 Å². The molecule has 0 saturated carbocycles. The van der Waals surface area contributed by atoms with E-state index in [2.05, 4.69) is 12.2 Å². The van der Waals surface area contributed by atoms with Crippen molar-refractivity contribution in [2.75, 3.05) is 12.3 Å². The molecule has 1 atom stereocenters. The summed E-state index contributed by atoms with van der Waals surface area (Å²) in [4.78, 5) is 11.9. The minimum atomic E-state index is -0.358. The molecule has 0 aliphatic heterocycles. The van der Waals surface area contributed by atoms with Crippen molar-refractivity contribution in [2.24, 2.45) is 5.92 Å². The number of hydrogen-bond acceptors (Lipinski definition) is 3. The van der Waals surface area contributed by atoms with E-state index in [1.165, 1.54) is 5.56 Å². The number of aliphatic hydroxyl groups is 1. The summed E-state index contributed by atoms with van der Waals surface area (Å²) in [6.07, 6.45) is 0.234. The number of amides is 1. The SMILES string of the molecule is CCSCc1ccc(C(=O)NCCC(O)C(C)C)cc1. The van der Waals surface area contributed by atoms with Gasteiger partial charge in [0.15, 0.2) is 0 Å². The van der Waals surface area contributed by atoms with Gasteiger partial charge < -0.3 is 10.4 Å². The Morgan fingerprint density at radius 3 is 2.50 bits per heavy atom. The monoisotopic (exact) mass is 295 g/mol. The van der Waals surface area contributed by atoms with Gasteiger partial charge in [0.2, 0.25) is 0 Å². The highest BCUT2D eigenvalue weighted by Gasteiger charge is 2.10. The lowest BCUT2D eigenvalue weighted by Crippen LogP contribution is -2.28. The van der Waals surface area contributed by atoms with Crippen LogP contribution in [0.1, 0.15) is 43.1 Å². The standard InChI is InChI=1S/C16H25NO2S/c1-4-20-11-13-5-7-14(8-6-13)16(19)17-10-9-15(18)12(2)3/h5-8,12,15,18H,4,9-11H2,1-3H3,(H,17,19). The summed E-state index contributed by atoms with van der Waals surface area (Å²) in [5.74, 6) is 2.23. The van der Waals surface area contributed by atoms with Gasteiger partial charge in [0.25, 0.3) is 5.91 Å². The van der Waals surface area contributed by atoms with Crippen LogP contribution in [0.2, 0.25) is 0 Å². The van der Waals surface area contributed by atoms with E-state index in [0.29, 0.717) is 18.5 Å². The lowest BCUT2D eigenvalue weighted by molar-refractivity contribution is 0.0920. The van der Waals surface area contributed by atoms with E-state index < -0.39 is 0 Å². The third-order valence-corrected chi connectivity index (χ3v) is 4.13. The van der Waals surface area contributed by atoms with Gasteiger partial charge in [0.05, 0.1) is 6.10 Å². The fourth-order valence-electron chi connectivity index (χ4n) is 1.74. The van der Waals surface area contributed by atoms with Crippen LogP contribution in [-0.2, 0) is 5.75 Å². The van der Waals surface area contributed by atoms with Crippen LogP contribution in [0.25, 0.3) is 0 Å². The van der Waals surface area contributed by atoms with E-state index in [1.54, 1.807) is 0 Å². The smallest absolute Gasteiger partial charge is 0.251 e. The quantitative estimate of drug-likeness (QED) is 0.775. The first-order valence-electron chi connectivity index (χ1n) is 7.17. The number of benzene rings is 1. The molecule has 2 N–H and O–H groups in total. The number of nitrogens with one attached hydrogen (secondary N) is 1. The zero-order valence-corrected chi connectivity index (χ0v) is 13.4. The second-order valence-electron chi connectivity index (χ2n) is 5.19. The molecule has 0 saturated heterocycles. The lowest BCUT2D eigenvalue weighted by atomic mass is 10.0. The van der Waals surface area contributed by atoms with E-state index >= 15 is 0 Å². The van der Waals surface area contributed by atoms with Gasteiger partial charge in [0.1, 0.15) is 0 Å². The van der Waals surface area contributed by atoms with Crippen molar-refractivity contribution in [3.05, 3.63) is 35.4 Å². The van der Waals surface area contributed by atoms with Gasteiger partial charge >= 0.3 is 0 Å². The van der Waals surface area contributed by atoms with Crippen molar-refractivity contribution in [3.63, 3.8) is 0 Å². The maximum absolute atomic E-state index is 11.9. The molecule has 0 spiro atoms. The second kappa shape index (κ2) is 9.03. The van der Waals surface area contributed by atoms with Crippen molar-refractivity contribution >= 4 is 17.7 Å². The maximum Gasteiger partial charge on any atom is 0.251 e. The Balaban J connectivity index is 2.39. The molecule has 112 valence electrons. The van der Waals surface area contributed by atoms with Crippen LogP contribution in [0.15, 0.2) is 24.3 Å². The molecule has 0 bridgehead atoms. The average Bonchev–Trinajstić information content (AvgIpc) is 2.45. The predicted octanol–water partition coefficient (Wildman–Crippen LogP) is 3.08. The molecule has 1 aromatic rings. The summed E-state index contributed by atoms with van der Waals surface area (Å²) in [7, 11) is 0. The Morgan fingerprint density at radius 2 is 1.95 bits per heavy atom. The van der Waals surface area contributed by atoms with Crippen LogP contribution in [0.4, 0.5) is 0 Å². The van der Waals surface area contributed by atoms with Crippen LogP contribution < -0.4 is 5.32 Å². The summed E-state index contributed by atoms with van der Waals surface area (Å²) in [5, 5.41) is 12.5. The Hall–Kier alpha value is -1.00. The molecule has 0 heterocycles. The first-order chi connectivity index (χ1) is 9.54. The minimum Gasteiger partial charge on any atom is -0.393 e. The number of hydrogen-bond donors (Lipinski definition) is 2. The topological polar surface area (TPSA) is 49.3 Å². The number of carbonyl (C=O) groups is 1. The van der Waals surface area contributed by atoms with Gasteiger partial charge in [-0.2, -0.15) is 11.8 Å². The molecule has 3 nitrogen and oxygen atoms in total. The fourth-order valence-corrected chi connectivity index (χ4v) is 2.37. The van der Waals surface area contributed by atoms with Crippen molar-refractivity contribution in [1.29, 1.82) is 0 Å². The summed E-state index contributed by atoms with van der Waals surface area (Å²) in [6, 6.07) is 7.72. The molecule has 4 heteroatoms. The Morgan fingerprint density at radius 1 is 1.30 bits per heavy atom. The second-order valence-corrected chi connectivity index (χ2v) is 6.46. The molecule has 1 rings (SSSR count). The van der Waals surface area contributed by atoms with Crippen molar-refractivity contribution in [3.8, 4) is 0 Å². The molecule has 20 heavy (non-hydrogen) atoms. The summed E-state index contributed by atoms with van der Waals surface area (Å²) in [6.45, 7) is 6.59. The van der Waals surface area contributed by atoms with Crippen molar-refractivity contribution < 1.29 is 9.90 Å². The van der Waals surface area contributed by atoms with E-state index in [-0.39, 0.29) is 17.9 Å². The fraction of sp³-hybridized carbons (Fsp3) is 0.562. The lowest BCUT2D eigenvalue weighted by Gasteiger charge is -2.14. The molecule has 1 aromatic carbocycles. The Bertz CT molecular complexity index is 403. The number of rotatable bonds is 8. The van der Waals surface area contributed by atoms with Gasteiger partial charge in [-0.05, 0) is 35.8 Å². The van der Waals surface area contributed by atoms with Gasteiger partial charge in [0, 0.05) is 17.9 Å². The summed E-state index contributed by atoms with van der Waals surface area (Å²) >= 11 is 1.87. The predicted molar refractivity (Wildman–Crippen MR) is 86.1 cm³/mol. The van der Waals surface area contributed by atoms with E-state index in [0.717, 1.165) is 11.5 Å². The van der Waals surface area contributed by atoms with Crippen LogP contribution in [0, 0.1) is 5.92 Å². The highest BCUT2D eigenvalue weighted by Crippen LogP contribution is 2.12. The van der Waals surface area contributed by atoms with Gasteiger partial charge in [-0.1, -0.05) is 32.9 Å². The molecule has 0 aliphatic rings. The Kier molecular flexibility index (Phi) is 7.70. The van der Waals surface area contributed by atoms with Gasteiger partial charge in [-0.15, -0.1) is 0 Å². The first kappa shape index (κ1) is 17.1. The van der Waals surface area contributed by atoms with E-state index in [4.69, 9.17) is 0 Å². The third-order valence-electron chi connectivity index (χ3n) is 3.18. The highest BCUT2D eigenvalue weighted by molar-refractivity contribution is 7.98. The molecule has 1 amide bonds. The minimum absolute atomic E-state index is 0.0735. The summed E-state index contributed by atoms with van der Waals surface area (Å²) in [5.41, 5.74) is 1.91.